The second-order valence-electron chi connectivity index (χ2n) is 7.97. The summed E-state index contributed by atoms with van der Waals surface area (Å²) in [5.41, 5.74) is -1.05. The molecule has 2 rings (SSSR count). The van der Waals surface area contributed by atoms with Gasteiger partial charge in [-0.3, -0.25) is 14.4 Å². The highest BCUT2D eigenvalue weighted by Gasteiger charge is 2.45. The zero-order chi connectivity index (χ0) is 22.1. The first-order valence-corrected chi connectivity index (χ1v) is 11.5. The molecule has 0 aliphatic heterocycles. The molecular formula is C20H25ClO7S. The molecule has 0 spiro atoms. The second kappa shape index (κ2) is 8.44. The van der Waals surface area contributed by atoms with E-state index in [1.165, 1.54) is 12.1 Å². The van der Waals surface area contributed by atoms with Gasteiger partial charge in [0.15, 0.2) is 33.1 Å². The van der Waals surface area contributed by atoms with E-state index >= 15 is 0 Å². The van der Waals surface area contributed by atoms with Gasteiger partial charge in [0.2, 0.25) is 0 Å². The fraction of sp³-hybridized carbons (Fsp3) is 0.550. The molecule has 1 atom stereocenters. The molecule has 1 fully saturated rings. The van der Waals surface area contributed by atoms with Gasteiger partial charge in [-0.2, -0.15) is 0 Å². The summed E-state index contributed by atoms with van der Waals surface area (Å²) in [6.45, 7) is 6.65. The summed E-state index contributed by atoms with van der Waals surface area (Å²) in [5, 5.41) is -0.253. The Bertz CT molecular complexity index is 940. The third-order valence-corrected chi connectivity index (χ3v) is 5.68. The lowest BCUT2D eigenvalue weighted by Gasteiger charge is -2.23. The Labute approximate surface area is 175 Å². The Morgan fingerprint density at radius 3 is 2.24 bits per heavy atom. The Kier molecular flexibility index (Phi) is 6.79. The van der Waals surface area contributed by atoms with Crippen molar-refractivity contribution in [3.63, 3.8) is 0 Å². The number of carbonyl (C=O) groups is 3. The number of halogens is 1. The molecule has 0 saturated heterocycles. The van der Waals surface area contributed by atoms with Crippen molar-refractivity contribution in [1.82, 2.24) is 0 Å². The van der Waals surface area contributed by atoms with Gasteiger partial charge in [-0.25, -0.2) is 8.42 Å². The van der Waals surface area contributed by atoms with Gasteiger partial charge in [0, 0.05) is 17.7 Å². The molecule has 160 valence electrons. The third-order valence-electron chi connectivity index (χ3n) is 4.18. The van der Waals surface area contributed by atoms with E-state index in [2.05, 4.69) is 0 Å². The minimum absolute atomic E-state index is 0.108. The number of carbonyl (C=O) groups excluding carboxylic acids is 3. The molecule has 1 aromatic rings. The highest BCUT2D eigenvalue weighted by molar-refractivity contribution is 7.90. The Hall–Kier alpha value is -1.93. The van der Waals surface area contributed by atoms with Gasteiger partial charge in [-0.15, -0.1) is 0 Å². The van der Waals surface area contributed by atoms with Gasteiger partial charge in [-0.05, 0) is 52.7 Å². The minimum atomic E-state index is -3.68. The van der Waals surface area contributed by atoms with Crippen molar-refractivity contribution >= 4 is 39.0 Å². The van der Waals surface area contributed by atoms with Gasteiger partial charge >= 0.3 is 5.97 Å². The lowest BCUT2D eigenvalue weighted by atomic mass is 9.91. The van der Waals surface area contributed by atoms with Crippen LogP contribution in [-0.2, 0) is 24.2 Å². The maximum Gasteiger partial charge on any atom is 0.325 e. The molecule has 7 nitrogen and oxygen atoms in total. The molecule has 0 aromatic heterocycles. The average molecular weight is 445 g/mol. The minimum Gasteiger partial charge on any atom is -0.491 e. The summed E-state index contributed by atoms with van der Waals surface area (Å²) >= 11 is 6.30. The van der Waals surface area contributed by atoms with Crippen LogP contribution in [0.1, 0.15) is 50.9 Å². The third kappa shape index (κ3) is 5.57. The molecule has 0 bridgehead atoms. The van der Waals surface area contributed by atoms with Crippen LogP contribution in [0.5, 0.6) is 5.75 Å². The molecule has 1 aromatic carbocycles. The number of esters is 1. The first-order chi connectivity index (χ1) is 13.3. The van der Waals surface area contributed by atoms with Gasteiger partial charge in [0.05, 0.1) is 11.6 Å². The summed E-state index contributed by atoms with van der Waals surface area (Å²) in [5.74, 6) is -4.48. The van der Waals surface area contributed by atoms with E-state index in [-0.39, 0.29) is 33.8 Å². The number of benzene rings is 1. The molecule has 1 saturated carbocycles. The van der Waals surface area contributed by atoms with Crippen LogP contribution < -0.4 is 4.74 Å². The zero-order valence-corrected chi connectivity index (χ0v) is 18.6. The Balaban J connectivity index is 2.54. The molecule has 0 N–H and O–H groups in total. The maximum absolute atomic E-state index is 13.2. The summed E-state index contributed by atoms with van der Waals surface area (Å²) in [6, 6.07) is 2.38. The largest absolute Gasteiger partial charge is 0.491 e. The standard InChI is InChI=1S/C20H25ClO7S/c1-6-27-18-13(29(5,25)26)10-9-12(15(18)21)17(23)14(16(22)11-7-8-11)19(24)28-20(2,3)4/h9-11,14H,6-8H2,1-5H3. The van der Waals surface area contributed by atoms with Crippen LogP contribution in [-0.4, -0.2) is 44.4 Å². The van der Waals surface area contributed by atoms with Crippen molar-refractivity contribution in [3.8, 4) is 5.75 Å². The van der Waals surface area contributed by atoms with E-state index in [0.29, 0.717) is 12.8 Å². The van der Waals surface area contributed by atoms with E-state index in [4.69, 9.17) is 21.1 Å². The van der Waals surface area contributed by atoms with E-state index in [1.807, 2.05) is 0 Å². The Morgan fingerprint density at radius 2 is 1.79 bits per heavy atom. The highest BCUT2D eigenvalue weighted by Crippen LogP contribution is 2.39. The number of ketones is 2. The lowest BCUT2D eigenvalue weighted by Crippen LogP contribution is -2.38. The smallest absolute Gasteiger partial charge is 0.325 e. The van der Waals surface area contributed by atoms with Crippen LogP contribution in [0.2, 0.25) is 5.02 Å². The molecule has 1 aliphatic carbocycles. The molecule has 1 aliphatic rings. The molecule has 0 heterocycles. The van der Waals surface area contributed by atoms with Crippen molar-refractivity contribution in [1.29, 1.82) is 0 Å². The molecular weight excluding hydrogens is 420 g/mol. The molecule has 9 heteroatoms. The normalized spacial score (nSPS) is 15.5. The topological polar surface area (TPSA) is 104 Å². The number of Topliss-reactive ketones (excluding diaryl/α,β-unsaturated/α-hetero) is 2. The molecule has 1 unspecified atom stereocenters. The van der Waals surface area contributed by atoms with Crippen LogP contribution >= 0.6 is 11.6 Å². The van der Waals surface area contributed by atoms with Crippen LogP contribution in [0.4, 0.5) is 0 Å². The summed E-state index contributed by atoms with van der Waals surface area (Å²) in [4.78, 5) is 38.4. The molecule has 0 radical (unpaired) electrons. The van der Waals surface area contributed by atoms with Crippen molar-refractivity contribution in [2.45, 2.75) is 51.0 Å². The van der Waals surface area contributed by atoms with Gasteiger partial charge < -0.3 is 9.47 Å². The fourth-order valence-corrected chi connectivity index (χ4v) is 3.95. The predicted molar refractivity (Wildman–Crippen MR) is 107 cm³/mol. The number of sulfone groups is 1. The number of rotatable bonds is 8. The highest BCUT2D eigenvalue weighted by atomic mass is 35.5. The average Bonchev–Trinajstić information content (AvgIpc) is 3.38. The van der Waals surface area contributed by atoms with Crippen molar-refractivity contribution < 1.29 is 32.3 Å². The second-order valence-corrected chi connectivity index (χ2v) is 10.3. The first-order valence-electron chi connectivity index (χ1n) is 9.24. The van der Waals surface area contributed by atoms with Crippen LogP contribution in [0, 0.1) is 11.8 Å². The summed E-state index contributed by atoms with van der Waals surface area (Å²) < 4.78 is 34.7. The van der Waals surface area contributed by atoms with E-state index < -0.39 is 38.9 Å². The van der Waals surface area contributed by atoms with Crippen LogP contribution in [0.3, 0.4) is 0 Å². The SMILES string of the molecule is CCOc1c(S(C)(=O)=O)ccc(C(=O)C(C(=O)OC(C)(C)C)C(=O)C2CC2)c1Cl. The lowest BCUT2D eigenvalue weighted by molar-refractivity contribution is -0.160. The quantitative estimate of drug-likeness (QED) is 0.344. The van der Waals surface area contributed by atoms with Gasteiger partial charge in [-0.1, -0.05) is 11.6 Å². The van der Waals surface area contributed by atoms with E-state index in [9.17, 15) is 22.8 Å². The summed E-state index contributed by atoms with van der Waals surface area (Å²) in [7, 11) is -3.68. The first kappa shape index (κ1) is 23.3. The fourth-order valence-electron chi connectivity index (χ4n) is 2.77. The van der Waals surface area contributed by atoms with Crippen molar-refractivity contribution in [2.24, 2.45) is 11.8 Å². The van der Waals surface area contributed by atoms with Crippen LogP contribution in [0.25, 0.3) is 0 Å². The maximum atomic E-state index is 13.2. The van der Waals surface area contributed by atoms with E-state index in [1.54, 1.807) is 27.7 Å². The predicted octanol–water partition coefficient (Wildman–Crippen LogP) is 3.26. The van der Waals surface area contributed by atoms with E-state index in [0.717, 1.165) is 6.26 Å². The monoisotopic (exact) mass is 444 g/mol. The summed E-state index contributed by atoms with van der Waals surface area (Å²) in [6.07, 6.45) is 2.20. The molecule has 29 heavy (non-hydrogen) atoms. The number of hydrogen-bond donors (Lipinski definition) is 0. The zero-order valence-electron chi connectivity index (χ0n) is 17.1. The van der Waals surface area contributed by atoms with Crippen molar-refractivity contribution in [2.75, 3.05) is 12.9 Å². The number of hydrogen-bond acceptors (Lipinski definition) is 7. The van der Waals surface area contributed by atoms with Crippen molar-refractivity contribution in [3.05, 3.63) is 22.7 Å². The van der Waals surface area contributed by atoms with Gasteiger partial charge in [0.25, 0.3) is 0 Å². The van der Waals surface area contributed by atoms with Crippen LogP contribution in [0.15, 0.2) is 17.0 Å². The number of ether oxygens (including phenoxy) is 2. The van der Waals surface area contributed by atoms with Gasteiger partial charge in [0.1, 0.15) is 10.5 Å². The Morgan fingerprint density at radius 1 is 1.21 bits per heavy atom. The molecule has 0 amide bonds.